The molecule has 0 aliphatic rings. The first-order valence-corrected chi connectivity index (χ1v) is 5.94. The third-order valence-corrected chi connectivity index (χ3v) is 2.76. The molecule has 5 nitrogen and oxygen atoms in total. The van der Waals surface area contributed by atoms with E-state index in [0.29, 0.717) is 5.56 Å². The van der Waals surface area contributed by atoms with Gasteiger partial charge in [0.05, 0.1) is 11.5 Å². The number of rotatable bonds is 4. The van der Waals surface area contributed by atoms with Crippen molar-refractivity contribution in [2.24, 2.45) is 0 Å². The molecule has 0 saturated carbocycles. The second-order valence-corrected chi connectivity index (χ2v) is 4.38. The molecule has 0 bridgehead atoms. The van der Waals surface area contributed by atoms with Crippen molar-refractivity contribution in [3.05, 3.63) is 63.2 Å². The Morgan fingerprint density at radius 3 is 2.38 bits per heavy atom. The van der Waals surface area contributed by atoms with Crippen LogP contribution in [0.4, 0.5) is 14.5 Å². The van der Waals surface area contributed by atoms with E-state index >= 15 is 0 Å². The summed E-state index contributed by atoms with van der Waals surface area (Å²) in [6.45, 7) is 1.12. The van der Waals surface area contributed by atoms with Crippen molar-refractivity contribution in [2.45, 2.75) is 13.5 Å². The van der Waals surface area contributed by atoms with Crippen LogP contribution in [0.15, 0.2) is 30.3 Å². The highest BCUT2D eigenvalue weighted by Crippen LogP contribution is 2.35. The average Bonchev–Trinajstić information content (AvgIpc) is 2.43. The number of ether oxygens (including phenoxy) is 1. The van der Waals surface area contributed by atoms with E-state index in [9.17, 15) is 18.9 Å². The number of aliphatic hydroxyl groups is 1. The van der Waals surface area contributed by atoms with Gasteiger partial charge >= 0.3 is 5.69 Å². The van der Waals surface area contributed by atoms with Gasteiger partial charge in [-0.15, -0.1) is 0 Å². The highest BCUT2D eigenvalue weighted by molar-refractivity contribution is 5.50. The van der Waals surface area contributed by atoms with Crippen LogP contribution in [0.25, 0.3) is 0 Å². The smallest absolute Gasteiger partial charge is 0.311 e. The molecule has 1 N–H and O–H groups in total. The molecule has 21 heavy (non-hydrogen) atoms. The topological polar surface area (TPSA) is 72.6 Å². The van der Waals surface area contributed by atoms with Crippen LogP contribution < -0.4 is 4.74 Å². The van der Waals surface area contributed by atoms with E-state index in [1.54, 1.807) is 6.92 Å². The Morgan fingerprint density at radius 2 is 1.86 bits per heavy atom. The molecule has 0 aliphatic carbocycles. The lowest BCUT2D eigenvalue weighted by atomic mass is 10.2. The Balaban J connectivity index is 2.46. The van der Waals surface area contributed by atoms with Crippen LogP contribution in [0.2, 0.25) is 0 Å². The highest BCUT2D eigenvalue weighted by Gasteiger charge is 2.20. The van der Waals surface area contributed by atoms with Gasteiger partial charge in [0.15, 0.2) is 17.4 Å². The van der Waals surface area contributed by atoms with Crippen molar-refractivity contribution in [3.63, 3.8) is 0 Å². The van der Waals surface area contributed by atoms with Crippen molar-refractivity contribution in [1.82, 2.24) is 0 Å². The first-order valence-electron chi connectivity index (χ1n) is 5.94. The lowest BCUT2D eigenvalue weighted by Crippen LogP contribution is -1.99. The molecule has 2 aromatic rings. The van der Waals surface area contributed by atoms with Crippen molar-refractivity contribution in [3.8, 4) is 11.5 Å². The fraction of sp³-hybridized carbons (Fsp3) is 0.143. The summed E-state index contributed by atoms with van der Waals surface area (Å²) in [6, 6.07) is 5.84. The summed E-state index contributed by atoms with van der Waals surface area (Å²) < 4.78 is 32.5. The quantitative estimate of drug-likeness (QED) is 0.692. The van der Waals surface area contributed by atoms with Gasteiger partial charge in [0, 0.05) is 6.07 Å². The Hall–Kier alpha value is -2.54. The van der Waals surface area contributed by atoms with Gasteiger partial charge in [0.25, 0.3) is 0 Å². The summed E-state index contributed by atoms with van der Waals surface area (Å²) in [4.78, 5) is 10.2. The average molecular weight is 295 g/mol. The highest BCUT2D eigenvalue weighted by atomic mass is 19.1. The van der Waals surface area contributed by atoms with Crippen molar-refractivity contribution < 1.29 is 23.5 Å². The molecule has 0 radical (unpaired) electrons. The maximum Gasteiger partial charge on any atom is 0.311 e. The van der Waals surface area contributed by atoms with Crippen LogP contribution in [0, 0.1) is 28.7 Å². The molecule has 2 rings (SSSR count). The van der Waals surface area contributed by atoms with E-state index in [1.807, 2.05) is 0 Å². The zero-order valence-electron chi connectivity index (χ0n) is 11.0. The van der Waals surface area contributed by atoms with Crippen LogP contribution in [0.1, 0.15) is 11.1 Å². The van der Waals surface area contributed by atoms with Gasteiger partial charge in [0.1, 0.15) is 0 Å². The van der Waals surface area contributed by atoms with Crippen molar-refractivity contribution >= 4 is 5.69 Å². The van der Waals surface area contributed by atoms with E-state index in [2.05, 4.69) is 0 Å². The standard InChI is InChI=1S/C14H11F2NO4/c1-8-2-3-13(12(4-8)17(19)20)21-14-10(15)5-9(7-18)6-11(14)16/h2-6,18H,7H2,1H3. The molecule has 0 spiro atoms. The van der Waals surface area contributed by atoms with E-state index in [0.717, 1.165) is 12.1 Å². The predicted octanol–water partition coefficient (Wildman–Crippen LogP) is 3.47. The molecule has 0 atom stereocenters. The summed E-state index contributed by atoms with van der Waals surface area (Å²) in [5.74, 6) is -3.11. The molecule has 0 heterocycles. The second-order valence-electron chi connectivity index (χ2n) is 4.38. The minimum absolute atomic E-state index is 0.0377. The largest absolute Gasteiger partial charge is 0.444 e. The molecule has 0 unspecified atom stereocenters. The first kappa shape index (κ1) is 14.9. The minimum atomic E-state index is -1.05. The zero-order chi connectivity index (χ0) is 15.6. The molecule has 0 aromatic heterocycles. The Kier molecular flexibility index (Phi) is 4.13. The number of benzene rings is 2. The molecular weight excluding hydrogens is 284 g/mol. The lowest BCUT2D eigenvalue weighted by molar-refractivity contribution is -0.385. The monoisotopic (exact) mass is 295 g/mol. The normalized spacial score (nSPS) is 10.5. The van der Waals surface area contributed by atoms with Crippen LogP contribution >= 0.6 is 0 Å². The van der Waals surface area contributed by atoms with E-state index in [1.165, 1.54) is 18.2 Å². The predicted molar refractivity (Wildman–Crippen MR) is 70.2 cm³/mol. The molecule has 2 aromatic carbocycles. The number of nitro groups is 1. The number of hydrogen-bond donors (Lipinski definition) is 1. The Bertz CT molecular complexity index is 680. The summed E-state index contributed by atoms with van der Waals surface area (Å²) in [5, 5.41) is 19.8. The third-order valence-electron chi connectivity index (χ3n) is 2.76. The molecule has 7 heteroatoms. The van der Waals surface area contributed by atoms with E-state index in [4.69, 9.17) is 9.84 Å². The SMILES string of the molecule is Cc1ccc(Oc2c(F)cc(CO)cc2F)c([N+](=O)[O-])c1. The number of halogens is 2. The summed E-state index contributed by atoms with van der Waals surface area (Å²) in [6.07, 6.45) is 0. The molecule has 0 aliphatic heterocycles. The fourth-order valence-corrected chi connectivity index (χ4v) is 1.77. The number of nitrogens with zero attached hydrogens (tertiary/aromatic N) is 1. The third kappa shape index (κ3) is 3.14. The first-order chi connectivity index (χ1) is 9.92. The van der Waals surface area contributed by atoms with Gasteiger partial charge in [-0.2, -0.15) is 0 Å². The minimum Gasteiger partial charge on any atom is -0.444 e. The Morgan fingerprint density at radius 1 is 1.24 bits per heavy atom. The maximum absolute atomic E-state index is 13.7. The van der Waals surface area contributed by atoms with Crippen molar-refractivity contribution in [2.75, 3.05) is 0 Å². The van der Waals surface area contributed by atoms with Crippen molar-refractivity contribution in [1.29, 1.82) is 0 Å². The fourth-order valence-electron chi connectivity index (χ4n) is 1.77. The van der Waals surface area contributed by atoms with Gasteiger partial charge in [-0.3, -0.25) is 10.1 Å². The molecular formula is C14H11F2NO4. The van der Waals surface area contributed by atoms with Crippen LogP contribution in [0.5, 0.6) is 11.5 Å². The number of aliphatic hydroxyl groups excluding tert-OH is 1. The second kappa shape index (κ2) is 5.84. The van der Waals surface area contributed by atoms with E-state index in [-0.39, 0.29) is 17.0 Å². The van der Waals surface area contributed by atoms with Gasteiger partial charge < -0.3 is 9.84 Å². The van der Waals surface area contributed by atoms with Crippen LogP contribution in [0.3, 0.4) is 0 Å². The Labute approximate surface area is 118 Å². The van der Waals surface area contributed by atoms with E-state index < -0.39 is 28.9 Å². The maximum atomic E-state index is 13.7. The lowest BCUT2D eigenvalue weighted by Gasteiger charge is -2.10. The number of nitro benzene ring substituents is 1. The van der Waals surface area contributed by atoms with Crippen LogP contribution in [-0.2, 0) is 6.61 Å². The molecule has 0 fully saturated rings. The molecule has 0 saturated heterocycles. The van der Waals surface area contributed by atoms with Gasteiger partial charge in [-0.25, -0.2) is 8.78 Å². The number of aryl methyl sites for hydroxylation is 1. The summed E-state index contributed by atoms with van der Waals surface area (Å²) >= 11 is 0. The summed E-state index contributed by atoms with van der Waals surface area (Å²) in [7, 11) is 0. The van der Waals surface area contributed by atoms with Gasteiger partial charge in [0.2, 0.25) is 5.75 Å². The molecule has 110 valence electrons. The van der Waals surface area contributed by atoms with Gasteiger partial charge in [-0.05, 0) is 36.2 Å². The summed E-state index contributed by atoms with van der Waals surface area (Å²) in [5.41, 5.74) is 0.265. The molecule has 0 amide bonds. The van der Waals surface area contributed by atoms with Gasteiger partial charge in [-0.1, -0.05) is 6.07 Å². The number of hydrogen-bond acceptors (Lipinski definition) is 4. The van der Waals surface area contributed by atoms with Crippen LogP contribution in [-0.4, -0.2) is 10.0 Å². The zero-order valence-corrected chi connectivity index (χ0v) is 11.0.